The maximum absolute atomic E-state index is 13.1. The quantitative estimate of drug-likeness (QED) is 0.364. The molecule has 0 fully saturated rings. The summed E-state index contributed by atoms with van der Waals surface area (Å²) in [5.41, 5.74) is 2.38. The van der Waals surface area contributed by atoms with E-state index in [0.717, 1.165) is 5.69 Å². The van der Waals surface area contributed by atoms with E-state index in [0.29, 0.717) is 34.1 Å². The van der Waals surface area contributed by atoms with E-state index in [-0.39, 0.29) is 19.1 Å². The molecule has 2 heterocycles. The average molecular weight is 475 g/mol. The van der Waals surface area contributed by atoms with Crippen LogP contribution in [0.2, 0.25) is 0 Å². The molecule has 9 nitrogen and oxygen atoms in total. The highest BCUT2D eigenvalue weighted by molar-refractivity contribution is 5.99. The van der Waals surface area contributed by atoms with Crippen molar-refractivity contribution in [2.75, 3.05) is 27.4 Å². The molecule has 4 rings (SSSR count). The Bertz CT molecular complexity index is 1240. The Kier molecular flexibility index (Phi) is 7.59. The highest BCUT2D eigenvalue weighted by Gasteiger charge is 2.20. The molecular weight excluding hydrogens is 448 g/mol. The van der Waals surface area contributed by atoms with Crippen LogP contribution in [-0.2, 0) is 0 Å². The van der Waals surface area contributed by atoms with Crippen molar-refractivity contribution in [2.45, 2.75) is 6.10 Å². The van der Waals surface area contributed by atoms with Crippen molar-refractivity contribution < 1.29 is 24.1 Å². The van der Waals surface area contributed by atoms with Gasteiger partial charge in [0.15, 0.2) is 11.5 Å². The van der Waals surface area contributed by atoms with Gasteiger partial charge < -0.3 is 24.6 Å². The van der Waals surface area contributed by atoms with E-state index < -0.39 is 6.10 Å². The molecule has 1 unspecified atom stereocenters. The molecular formula is C26H26N4O5. The first-order chi connectivity index (χ1) is 17.1. The SMILES string of the molecule is COc1cccc(OC)c1OCC(O)CNC(=O)c1cn(-c2ccccc2)nc1-c1cccnc1. The molecule has 0 bridgehead atoms. The molecule has 0 aliphatic carbocycles. The lowest BCUT2D eigenvalue weighted by molar-refractivity contribution is 0.0834. The Morgan fingerprint density at radius 1 is 1.03 bits per heavy atom. The predicted octanol–water partition coefficient (Wildman–Crippen LogP) is 3.12. The van der Waals surface area contributed by atoms with Gasteiger partial charge in [-0.05, 0) is 36.4 Å². The van der Waals surface area contributed by atoms with Gasteiger partial charge in [-0.25, -0.2) is 4.68 Å². The number of aliphatic hydroxyl groups excluding tert-OH is 1. The van der Waals surface area contributed by atoms with Crippen LogP contribution in [0, 0.1) is 0 Å². The number of benzene rings is 2. The van der Waals surface area contributed by atoms with Crippen LogP contribution < -0.4 is 19.5 Å². The topological polar surface area (TPSA) is 108 Å². The van der Waals surface area contributed by atoms with Gasteiger partial charge in [-0.15, -0.1) is 0 Å². The minimum atomic E-state index is -0.973. The zero-order valence-electron chi connectivity index (χ0n) is 19.4. The Hall–Kier alpha value is -4.37. The van der Waals surface area contributed by atoms with Crippen molar-refractivity contribution >= 4 is 5.91 Å². The van der Waals surface area contributed by atoms with E-state index in [9.17, 15) is 9.90 Å². The monoisotopic (exact) mass is 474 g/mol. The fraction of sp³-hybridized carbons (Fsp3) is 0.192. The van der Waals surface area contributed by atoms with Crippen molar-refractivity contribution in [3.8, 4) is 34.2 Å². The fourth-order valence-electron chi connectivity index (χ4n) is 3.47. The number of hydrogen-bond acceptors (Lipinski definition) is 7. The molecule has 0 aliphatic rings. The number of nitrogens with zero attached hydrogens (tertiary/aromatic N) is 3. The van der Waals surface area contributed by atoms with Crippen molar-refractivity contribution in [2.24, 2.45) is 0 Å². The van der Waals surface area contributed by atoms with Gasteiger partial charge in [-0.1, -0.05) is 24.3 Å². The zero-order valence-corrected chi connectivity index (χ0v) is 19.4. The van der Waals surface area contributed by atoms with Crippen LogP contribution >= 0.6 is 0 Å². The molecule has 2 aromatic heterocycles. The number of aliphatic hydroxyl groups is 1. The molecule has 1 atom stereocenters. The third-order valence-electron chi connectivity index (χ3n) is 5.22. The number of rotatable bonds is 10. The van der Waals surface area contributed by atoms with Crippen molar-refractivity contribution in [1.82, 2.24) is 20.1 Å². The van der Waals surface area contributed by atoms with Crippen LogP contribution in [0.5, 0.6) is 17.2 Å². The number of amides is 1. The molecule has 0 spiro atoms. The average Bonchev–Trinajstić information content (AvgIpc) is 3.37. The smallest absolute Gasteiger partial charge is 0.255 e. The summed E-state index contributed by atoms with van der Waals surface area (Å²) < 4.78 is 18.0. The van der Waals surface area contributed by atoms with E-state index in [2.05, 4.69) is 15.4 Å². The van der Waals surface area contributed by atoms with Crippen LogP contribution in [0.15, 0.2) is 79.3 Å². The number of hydrogen-bond donors (Lipinski definition) is 2. The standard InChI is InChI=1S/C26H26N4O5/c1-33-22-11-6-12-23(34-2)25(22)35-17-20(31)15-28-26(32)21-16-30(19-9-4-3-5-10-19)29-24(21)18-8-7-13-27-14-18/h3-14,16,20,31H,15,17H2,1-2H3,(H,28,32). The van der Waals surface area contributed by atoms with Crippen LogP contribution in [0.25, 0.3) is 16.9 Å². The van der Waals surface area contributed by atoms with E-state index in [1.807, 2.05) is 36.4 Å². The van der Waals surface area contributed by atoms with Crippen LogP contribution in [-0.4, -0.2) is 59.3 Å². The molecule has 2 aromatic carbocycles. The number of carbonyl (C=O) groups is 1. The molecule has 9 heteroatoms. The summed E-state index contributed by atoms with van der Waals surface area (Å²) in [5.74, 6) is 0.968. The first-order valence-corrected chi connectivity index (χ1v) is 11.0. The van der Waals surface area contributed by atoms with E-state index in [1.165, 1.54) is 14.2 Å². The molecule has 0 radical (unpaired) electrons. The summed E-state index contributed by atoms with van der Waals surface area (Å²) in [6, 6.07) is 18.4. The first kappa shape index (κ1) is 23.8. The van der Waals surface area contributed by atoms with Gasteiger partial charge in [0.25, 0.3) is 5.91 Å². The van der Waals surface area contributed by atoms with Crippen molar-refractivity contribution in [3.63, 3.8) is 0 Å². The summed E-state index contributed by atoms with van der Waals surface area (Å²) in [6.45, 7) is -0.102. The summed E-state index contributed by atoms with van der Waals surface area (Å²) in [4.78, 5) is 17.2. The van der Waals surface area contributed by atoms with Gasteiger partial charge in [0, 0.05) is 30.7 Å². The normalized spacial score (nSPS) is 11.5. The summed E-state index contributed by atoms with van der Waals surface area (Å²) in [7, 11) is 3.04. The zero-order chi connectivity index (χ0) is 24.6. The van der Waals surface area contributed by atoms with Crippen LogP contribution in [0.1, 0.15) is 10.4 Å². The maximum atomic E-state index is 13.1. The number of aromatic nitrogens is 3. The van der Waals surface area contributed by atoms with Gasteiger partial charge in [-0.2, -0.15) is 5.10 Å². The Balaban J connectivity index is 1.47. The number of methoxy groups -OCH3 is 2. The molecule has 180 valence electrons. The highest BCUT2D eigenvalue weighted by Crippen LogP contribution is 2.36. The van der Waals surface area contributed by atoms with Crippen molar-refractivity contribution in [1.29, 1.82) is 0 Å². The number of ether oxygens (including phenoxy) is 3. The summed E-state index contributed by atoms with van der Waals surface area (Å²) in [6.07, 6.45) is 4.00. The van der Waals surface area contributed by atoms with Gasteiger partial charge in [-0.3, -0.25) is 9.78 Å². The van der Waals surface area contributed by atoms with E-state index in [4.69, 9.17) is 14.2 Å². The lowest BCUT2D eigenvalue weighted by Crippen LogP contribution is -2.35. The third kappa shape index (κ3) is 5.59. The van der Waals surface area contributed by atoms with Gasteiger partial charge >= 0.3 is 0 Å². The largest absolute Gasteiger partial charge is 0.493 e. The Labute approximate surface area is 202 Å². The fourth-order valence-corrected chi connectivity index (χ4v) is 3.47. The number of carbonyl (C=O) groups excluding carboxylic acids is 1. The second kappa shape index (κ2) is 11.2. The second-order valence-electron chi connectivity index (χ2n) is 7.58. The Morgan fingerprint density at radius 3 is 2.43 bits per heavy atom. The third-order valence-corrected chi connectivity index (χ3v) is 5.22. The molecule has 4 aromatic rings. The Morgan fingerprint density at radius 2 is 1.77 bits per heavy atom. The molecule has 2 N–H and O–H groups in total. The van der Waals surface area contributed by atoms with Gasteiger partial charge in [0.1, 0.15) is 18.4 Å². The maximum Gasteiger partial charge on any atom is 0.255 e. The number of nitrogens with one attached hydrogen (secondary N) is 1. The van der Waals surface area contributed by atoms with Crippen molar-refractivity contribution in [3.05, 3.63) is 84.8 Å². The van der Waals surface area contributed by atoms with E-state index in [1.54, 1.807) is 47.5 Å². The van der Waals surface area contributed by atoms with E-state index >= 15 is 0 Å². The molecule has 0 saturated heterocycles. The molecule has 1 amide bonds. The summed E-state index contributed by atoms with van der Waals surface area (Å²) >= 11 is 0. The number of para-hydroxylation sites is 2. The van der Waals surface area contributed by atoms with Gasteiger partial charge in [0.05, 0.1) is 25.5 Å². The summed E-state index contributed by atoms with van der Waals surface area (Å²) in [5, 5.41) is 17.8. The lowest BCUT2D eigenvalue weighted by Gasteiger charge is -2.17. The minimum Gasteiger partial charge on any atom is -0.493 e. The molecule has 35 heavy (non-hydrogen) atoms. The van der Waals surface area contributed by atoms with Crippen LogP contribution in [0.3, 0.4) is 0 Å². The first-order valence-electron chi connectivity index (χ1n) is 11.0. The molecule has 0 saturated carbocycles. The molecule has 0 aliphatic heterocycles. The second-order valence-corrected chi connectivity index (χ2v) is 7.58. The minimum absolute atomic E-state index is 0.0285. The lowest BCUT2D eigenvalue weighted by atomic mass is 10.1. The van der Waals surface area contributed by atoms with Gasteiger partial charge in [0.2, 0.25) is 5.75 Å². The number of pyridine rings is 1. The van der Waals surface area contributed by atoms with Crippen LogP contribution in [0.4, 0.5) is 0 Å². The highest BCUT2D eigenvalue weighted by atomic mass is 16.5. The predicted molar refractivity (Wildman–Crippen MR) is 130 cm³/mol.